The first-order valence-electron chi connectivity index (χ1n) is 6.48. The molecule has 1 atom stereocenters. The van der Waals surface area contributed by atoms with Crippen molar-refractivity contribution in [2.45, 2.75) is 19.5 Å². The van der Waals surface area contributed by atoms with Gasteiger partial charge in [0.2, 0.25) is 0 Å². The molecule has 0 saturated heterocycles. The molecular formula is C16H18BrFN2. The Balaban J connectivity index is 2.29. The number of halogens is 2. The molecule has 106 valence electrons. The van der Waals surface area contributed by atoms with Gasteiger partial charge >= 0.3 is 0 Å². The molecule has 0 saturated carbocycles. The maximum atomic E-state index is 14.1. The average Bonchev–Trinajstić information content (AvgIpc) is 2.40. The van der Waals surface area contributed by atoms with E-state index < -0.39 is 0 Å². The highest BCUT2D eigenvalue weighted by atomic mass is 79.9. The second-order valence-electron chi connectivity index (χ2n) is 4.95. The lowest BCUT2D eigenvalue weighted by molar-refractivity contribution is 0.616. The summed E-state index contributed by atoms with van der Waals surface area (Å²) >= 11 is 3.41. The van der Waals surface area contributed by atoms with Gasteiger partial charge in [-0.05, 0) is 36.2 Å². The summed E-state index contributed by atoms with van der Waals surface area (Å²) < 4.78 is 15.2. The number of benzene rings is 2. The Morgan fingerprint density at radius 3 is 2.45 bits per heavy atom. The van der Waals surface area contributed by atoms with Crippen molar-refractivity contribution in [2.24, 2.45) is 5.73 Å². The molecule has 2 nitrogen and oxygen atoms in total. The van der Waals surface area contributed by atoms with Crippen LogP contribution < -0.4 is 10.6 Å². The van der Waals surface area contributed by atoms with Gasteiger partial charge in [-0.3, -0.25) is 0 Å². The minimum absolute atomic E-state index is 0.201. The Hall–Kier alpha value is -1.39. The van der Waals surface area contributed by atoms with Gasteiger partial charge in [-0.2, -0.15) is 0 Å². The largest absolute Gasteiger partial charge is 0.368 e. The Bertz CT molecular complexity index is 582. The van der Waals surface area contributed by atoms with Crippen molar-refractivity contribution in [1.29, 1.82) is 0 Å². The Labute approximate surface area is 127 Å². The monoisotopic (exact) mass is 336 g/mol. The molecule has 0 amide bonds. The van der Waals surface area contributed by atoms with Crippen molar-refractivity contribution in [2.75, 3.05) is 11.9 Å². The van der Waals surface area contributed by atoms with Crippen LogP contribution in [0.4, 0.5) is 10.1 Å². The van der Waals surface area contributed by atoms with Gasteiger partial charge in [0, 0.05) is 24.1 Å². The molecule has 20 heavy (non-hydrogen) atoms. The molecule has 0 spiro atoms. The Kier molecular flexibility index (Phi) is 4.78. The van der Waals surface area contributed by atoms with E-state index in [1.165, 1.54) is 6.07 Å². The minimum atomic E-state index is -0.237. The standard InChI is InChI=1S/C16H18BrFN2/c1-11(19)14-4-3-5-15(18)16(14)20(2)10-12-6-8-13(17)9-7-12/h3-9,11H,10,19H2,1-2H3. The fourth-order valence-electron chi connectivity index (χ4n) is 2.24. The molecule has 1 unspecified atom stereocenters. The number of anilines is 1. The van der Waals surface area contributed by atoms with Gasteiger partial charge in [-0.25, -0.2) is 4.39 Å². The van der Waals surface area contributed by atoms with Crippen molar-refractivity contribution in [3.8, 4) is 0 Å². The van der Waals surface area contributed by atoms with Crippen molar-refractivity contribution in [3.63, 3.8) is 0 Å². The highest BCUT2D eigenvalue weighted by Crippen LogP contribution is 2.28. The molecule has 2 aromatic carbocycles. The molecule has 0 heterocycles. The fraction of sp³-hybridized carbons (Fsp3) is 0.250. The van der Waals surface area contributed by atoms with Crippen molar-refractivity contribution >= 4 is 21.6 Å². The van der Waals surface area contributed by atoms with Crippen LogP contribution in [0.5, 0.6) is 0 Å². The van der Waals surface area contributed by atoms with Gasteiger partial charge in [-0.15, -0.1) is 0 Å². The molecular weight excluding hydrogens is 319 g/mol. The normalized spacial score (nSPS) is 12.2. The van der Waals surface area contributed by atoms with Crippen LogP contribution in [-0.2, 0) is 6.54 Å². The van der Waals surface area contributed by atoms with E-state index in [2.05, 4.69) is 15.9 Å². The summed E-state index contributed by atoms with van der Waals surface area (Å²) in [4.78, 5) is 1.90. The van der Waals surface area contributed by atoms with E-state index >= 15 is 0 Å². The first-order chi connectivity index (χ1) is 9.49. The van der Waals surface area contributed by atoms with Gasteiger partial charge in [0.15, 0.2) is 0 Å². The van der Waals surface area contributed by atoms with Crippen LogP contribution in [0.15, 0.2) is 46.9 Å². The van der Waals surface area contributed by atoms with Crippen molar-refractivity contribution in [1.82, 2.24) is 0 Å². The number of para-hydroxylation sites is 1. The van der Waals surface area contributed by atoms with Gasteiger partial charge in [0.25, 0.3) is 0 Å². The molecule has 0 bridgehead atoms. The van der Waals surface area contributed by atoms with E-state index in [9.17, 15) is 4.39 Å². The predicted molar refractivity (Wildman–Crippen MR) is 85.3 cm³/mol. The molecule has 2 rings (SSSR count). The third kappa shape index (κ3) is 3.38. The summed E-state index contributed by atoms with van der Waals surface area (Å²) in [7, 11) is 1.88. The summed E-state index contributed by atoms with van der Waals surface area (Å²) in [5, 5.41) is 0. The highest BCUT2D eigenvalue weighted by molar-refractivity contribution is 9.10. The topological polar surface area (TPSA) is 29.3 Å². The van der Waals surface area contributed by atoms with E-state index in [1.807, 2.05) is 49.2 Å². The zero-order chi connectivity index (χ0) is 14.7. The van der Waals surface area contributed by atoms with Crippen LogP contribution in [0.25, 0.3) is 0 Å². The fourth-order valence-corrected chi connectivity index (χ4v) is 2.51. The van der Waals surface area contributed by atoms with Crippen LogP contribution in [0.3, 0.4) is 0 Å². The number of rotatable bonds is 4. The lowest BCUT2D eigenvalue weighted by atomic mass is 10.0. The van der Waals surface area contributed by atoms with Gasteiger partial charge in [0.05, 0.1) is 5.69 Å². The summed E-state index contributed by atoms with van der Waals surface area (Å²) in [6.07, 6.45) is 0. The summed E-state index contributed by atoms with van der Waals surface area (Å²) in [6.45, 7) is 2.50. The van der Waals surface area contributed by atoms with Crippen LogP contribution in [-0.4, -0.2) is 7.05 Å². The third-order valence-corrected chi connectivity index (χ3v) is 3.75. The van der Waals surface area contributed by atoms with Crippen molar-refractivity contribution in [3.05, 3.63) is 63.9 Å². The lowest BCUT2D eigenvalue weighted by Crippen LogP contribution is -2.21. The van der Waals surface area contributed by atoms with E-state index in [0.29, 0.717) is 12.2 Å². The van der Waals surface area contributed by atoms with Crippen LogP contribution in [0.1, 0.15) is 24.1 Å². The number of hydrogen-bond donors (Lipinski definition) is 1. The maximum Gasteiger partial charge on any atom is 0.146 e. The number of nitrogens with two attached hydrogens (primary N) is 1. The summed E-state index contributed by atoms with van der Waals surface area (Å²) in [5.41, 5.74) is 8.45. The van der Waals surface area contributed by atoms with E-state index in [1.54, 1.807) is 6.07 Å². The Morgan fingerprint density at radius 2 is 1.85 bits per heavy atom. The Morgan fingerprint density at radius 1 is 1.20 bits per heavy atom. The molecule has 0 aliphatic carbocycles. The highest BCUT2D eigenvalue weighted by Gasteiger charge is 2.15. The quantitative estimate of drug-likeness (QED) is 0.904. The van der Waals surface area contributed by atoms with E-state index in [0.717, 1.165) is 15.6 Å². The average molecular weight is 337 g/mol. The van der Waals surface area contributed by atoms with Gasteiger partial charge in [-0.1, -0.05) is 40.2 Å². The van der Waals surface area contributed by atoms with E-state index in [4.69, 9.17) is 5.73 Å². The SMILES string of the molecule is CC(N)c1cccc(F)c1N(C)Cc1ccc(Br)cc1. The predicted octanol–water partition coefficient (Wildman–Crippen LogP) is 4.24. The smallest absolute Gasteiger partial charge is 0.146 e. The first kappa shape index (κ1) is 15.0. The maximum absolute atomic E-state index is 14.1. The first-order valence-corrected chi connectivity index (χ1v) is 7.28. The van der Waals surface area contributed by atoms with Gasteiger partial charge in [0.1, 0.15) is 5.82 Å². The van der Waals surface area contributed by atoms with Crippen LogP contribution in [0.2, 0.25) is 0 Å². The summed E-state index contributed by atoms with van der Waals surface area (Å²) in [5.74, 6) is -0.237. The zero-order valence-corrected chi connectivity index (χ0v) is 13.2. The molecule has 2 N–H and O–H groups in total. The minimum Gasteiger partial charge on any atom is -0.368 e. The molecule has 0 radical (unpaired) electrons. The number of nitrogens with zero attached hydrogens (tertiary/aromatic N) is 1. The molecule has 0 aromatic heterocycles. The van der Waals surface area contributed by atoms with E-state index in [-0.39, 0.29) is 11.9 Å². The second kappa shape index (κ2) is 6.37. The third-order valence-electron chi connectivity index (χ3n) is 3.22. The molecule has 0 aliphatic heterocycles. The van der Waals surface area contributed by atoms with Crippen LogP contribution in [0, 0.1) is 5.82 Å². The van der Waals surface area contributed by atoms with Crippen molar-refractivity contribution < 1.29 is 4.39 Å². The molecule has 2 aromatic rings. The second-order valence-corrected chi connectivity index (χ2v) is 5.86. The lowest BCUT2D eigenvalue weighted by Gasteiger charge is -2.24. The van der Waals surface area contributed by atoms with Crippen LogP contribution >= 0.6 is 15.9 Å². The molecule has 0 fully saturated rings. The van der Waals surface area contributed by atoms with Gasteiger partial charge < -0.3 is 10.6 Å². The molecule has 0 aliphatic rings. The zero-order valence-electron chi connectivity index (χ0n) is 11.6. The summed E-state index contributed by atoms with van der Waals surface area (Å²) in [6, 6.07) is 12.9. The molecule has 4 heteroatoms. The number of hydrogen-bond acceptors (Lipinski definition) is 2.